The molecule has 0 bridgehead atoms. The third-order valence-corrected chi connectivity index (χ3v) is 7.10. The summed E-state index contributed by atoms with van der Waals surface area (Å²) in [5.74, 6) is 0.502. The van der Waals surface area contributed by atoms with Crippen LogP contribution in [0.4, 0.5) is 11.4 Å². The van der Waals surface area contributed by atoms with Crippen LogP contribution in [0.25, 0.3) is 0 Å². The number of thioether (sulfide) groups is 1. The topological polar surface area (TPSA) is 35.6 Å². The second kappa shape index (κ2) is 9.23. The lowest BCUT2D eigenvalue weighted by atomic mass is 10.1. The SMILES string of the molecule is CCN1CCN(c2ccc(NC(=O)CSc3ccc4c(c3)CCC4)c(C)c2)CC1. The van der Waals surface area contributed by atoms with Crippen molar-refractivity contribution >= 4 is 29.0 Å². The van der Waals surface area contributed by atoms with Gasteiger partial charge in [-0.15, -0.1) is 11.8 Å². The molecular weight excluding hydrogens is 378 g/mol. The Morgan fingerprint density at radius 3 is 2.59 bits per heavy atom. The molecule has 0 unspecified atom stereocenters. The third-order valence-electron chi connectivity index (χ3n) is 6.11. The van der Waals surface area contributed by atoms with E-state index in [9.17, 15) is 4.79 Å². The Kier molecular flexibility index (Phi) is 6.46. The lowest BCUT2D eigenvalue weighted by Crippen LogP contribution is -2.46. The minimum Gasteiger partial charge on any atom is -0.369 e. The zero-order valence-electron chi connectivity index (χ0n) is 17.5. The highest BCUT2D eigenvalue weighted by molar-refractivity contribution is 8.00. The summed E-state index contributed by atoms with van der Waals surface area (Å²) in [5, 5.41) is 3.09. The third kappa shape index (κ3) is 4.96. The van der Waals surface area contributed by atoms with Crippen LogP contribution in [0.3, 0.4) is 0 Å². The first-order chi connectivity index (χ1) is 14.1. The summed E-state index contributed by atoms with van der Waals surface area (Å²) in [7, 11) is 0. The average Bonchev–Trinajstić information content (AvgIpc) is 3.22. The smallest absolute Gasteiger partial charge is 0.234 e. The van der Waals surface area contributed by atoms with Crippen LogP contribution in [-0.4, -0.2) is 49.3 Å². The number of aryl methyl sites for hydroxylation is 3. The second-order valence-corrected chi connectivity index (χ2v) is 9.09. The fourth-order valence-corrected chi connectivity index (χ4v) is 5.04. The van der Waals surface area contributed by atoms with Crippen LogP contribution in [0.15, 0.2) is 41.3 Å². The van der Waals surface area contributed by atoms with Gasteiger partial charge >= 0.3 is 0 Å². The largest absolute Gasteiger partial charge is 0.369 e. The molecule has 4 nitrogen and oxygen atoms in total. The lowest BCUT2D eigenvalue weighted by Gasteiger charge is -2.35. The number of likely N-dealkylation sites (N-methyl/N-ethyl adjacent to an activating group) is 1. The number of nitrogens with zero attached hydrogens (tertiary/aromatic N) is 2. The van der Waals surface area contributed by atoms with Crippen molar-refractivity contribution in [3.05, 3.63) is 53.1 Å². The van der Waals surface area contributed by atoms with E-state index < -0.39 is 0 Å². The first kappa shape index (κ1) is 20.3. The molecule has 29 heavy (non-hydrogen) atoms. The van der Waals surface area contributed by atoms with E-state index in [1.54, 1.807) is 11.8 Å². The van der Waals surface area contributed by atoms with Gasteiger partial charge in [0.05, 0.1) is 5.75 Å². The highest BCUT2D eigenvalue weighted by Gasteiger charge is 2.17. The summed E-state index contributed by atoms with van der Waals surface area (Å²) in [6.45, 7) is 9.80. The van der Waals surface area contributed by atoms with Crippen molar-refractivity contribution in [1.82, 2.24) is 4.90 Å². The average molecular weight is 410 g/mol. The Balaban J connectivity index is 1.31. The van der Waals surface area contributed by atoms with Crippen LogP contribution in [-0.2, 0) is 17.6 Å². The molecule has 1 heterocycles. The molecule has 0 aromatic heterocycles. The Bertz CT molecular complexity index is 874. The molecule has 1 saturated heterocycles. The van der Waals surface area contributed by atoms with E-state index in [0.29, 0.717) is 5.75 Å². The van der Waals surface area contributed by atoms with Gasteiger partial charge in [0, 0.05) is 42.4 Å². The second-order valence-electron chi connectivity index (χ2n) is 8.04. The number of amides is 1. The summed E-state index contributed by atoms with van der Waals surface area (Å²) in [6.07, 6.45) is 3.63. The Labute approximate surface area is 178 Å². The molecule has 1 aliphatic carbocycles. The molecule has 154 valence electrons. The standard InChI is InChI=1S/C24H31N3OS/c1-3-26-11-13-27(14-12-26)21-8-10-23(18(2)15-21)25-24(28)17-29-22-9-7-19-5-4-6-20(19)16-22/h7-10,15-16H,3-6,11-14,17H2,1-2H3,(H,25,28). The van der Waals surface area contributed by atoms with E-state index >= 15 is 0 Å². The van der Waals surface area contributed by atoms with Gasteiger partial charge in [-0.3, -0.25) is 4.79 Å². The van der Waals surface area contributed by atoms with E-state index in [0.717, 1.165) is 44.0 Å². The van der Waals surface area contributed by atoms with Crippen molar-refractivity contribution in [1.29, 1.82) is 0 Å². The predicted octanol–water partition coefficient (Wildman–Crippen LogP) is 4.36. The van der Waals surface area contributed by atoms with E-state index in [4.69, 9.17) is 0 Å². The quantitative estimate of drug-likeness (QED) is 0.719. The molecule has 0 saturated carbocycles. The molecule has 1 N–H and O–H groups in total. The number of carbonyl (C=O) groups is 1. The molecule has 2 aromatic carbocycles. The first-order valence-electron chi connectivity index (χ1n) is 10.7. The van der Waals surface area contributed by atoms with Gasteiger partial charge in [-0.1, -0.05) is 13.0 Å². The van der Waals surface area contributed by atoms with Crippen LogP contribution in [0.2, 0.25) is 0 Å². The Hall–Kier alpha value is -1.98. The van der Waals surface area contributed by atoms with E-state index in [-0.39, 0.29) is 5.91 Å². The van der Waals surface area contributed by atoms with Crippen LogP contribution in [0.1, 0.15) is 30.0 Å². The van der Waals surface area contributed by atoms with Crippen molar-refractivity contribution in [3.8, 4) is 0 Å². The van der Waals surface area contributed by atoms with Crippen molar-refractivity contribution in [2.75, 3.05) is 48.7 Å². The minimum absolute atomic E-state index is 0.0582. The number of benzene rings is 2. The zero-order valence-corrected chi connectivity index (χ0v) is 18.4. The highest BCUT2D eigenvalue weighted by Crippen LogP contribution is 2.28. The Morgan fingerprint density at radius 1 is 1.03 bits per heavy atom. The van der Waals surface area contributed by atoms with E-state index in [1.165, 1.54) is 41.0 Å². The molecule has 1 fully saturated rings. The molecule has 0 spiro atoms. The molecule has 0 radical (unpaired) electrons. The van der Waals surface area contributed by atoms with E-state index in [1.807, 2.05) is 0 Å². The van der Waals surface area contributed by atoms with Gasteiger partial charge in [-0.25, -0.2) is 0 Å². The number of rotatable bonds is 6. The molecule has 0 atom stereocenters. The van der Waals surface area contributed by atoms with E-state index in [2.05, 4.69) is 65.4 Å². The zero-order chi connectivity index (χ0) is 20.2. The minimum atomic E-state index is 0.0582. The maximum atomic E-state index is 12.5. The summed E-state index contributed by atoms with van der Waals surface area (Å²) in [4.78, 5) is 18.6. The van der Waals surface area contributed by atoms with Crippen molar-refractivity contribution in [2.45, 2.75) is 38.0 Å². The van der Waals surface area contributed by atoms with Gasteiger partial charge in [0.2, 0.25) is 5.91 Å². The van der Waals surface area contributed by atoms with Gasteiger partial charge in [-0.2, -0.15) is 0 Å². The normalized spacial score (nSPS) is 16.7. The fourth-order valence-electron chi connectivity index (χ4n) is 4.28. The highest BCUT2D eigenvalue weighted by atomic mass is 32.2. The number of piperazine rings is 1. The van der Waals surface area contributed by atoms with Gasteiger partial charge < -0.3 is 15.1 Å². The Morgan fingerprint density at radius 2 is 1.83 bits per heavy atom. The molecule has 4 rings (SSSR count). The monoisotopic (exact) mass is 409 g/mol. The lowest BCUT2D eigenvalue weighted by molar-refractivity contribution is -0.113. The predicted molar refractivity (Wildman–Crippen MR) is 123 cm³/mol. The maximum Gasteiger partial charge on any atom is 0.234 e. The molecular formula is C24H31N3OS. The van der Waals surface area contributed by atoms with Crippen molar-refractivity contribution in [2.24, 2.45) is 0 Å². The molecule has 2 aliphatic rings. The van der Waals surface area contributed by atoms with Gasteiger partial charge in [-0.05, 0) is 79.8 Å². The van der Waals surface area contributed by atoms with Crippen LogP contribution in [0, 0.1) is 6.92 Å². The number of hydrogen-bond acceptors (Lipinski definition) is 4. The van der Waals surface area contributed by atoms with Crippen LogP contribution < -0.4 is 10.2 Å². The van der Waals surface area contributed by atoms with Crippen LogP contribution in [0.5, 0.6) is 0 Å². The molecule has 2 aromatic rings. The fraction of sp³-hybridized carbons (Fsp3) is 0.458. The number of nitrogens with one attached hydrogen (secondary N) is 1. The summed E-state index contributed by atoms with van der Waals surface area (Å²) >= 11 is 1.62. The summed E-state index contributed by atoms with van der Waals surface area (Å²) < 4.78 is 0. The van der Waals surface area contributed by atoms with Gasteiger partial charge in [0.15, 0.2) is 0 Å². The van der Waals surface area contributed by atoms with Gasteiger partial charge in [0.25, 0.3) is 0 Å². The van der Waals surface area contributed by atoms with Crippen LogP contribution >= 0.6 is 11.8 Å². The van der Waals surface area contributed by atoms with Gasteiger partial charge in [0.1, 0.15) is 0 Å². The summed E-state index contributed by atoms with van der Waals surface area (Å²) in [5.41, 5.74) is 6.23. The number of hydrogen-bond donors (Lipinski definition) is 1. The molecule has 1 amide bonds. The number of fused-ring (bicyclic) bond motifs is 1. The number of carbonyl (C=O) groups excluding carboxylic acids is 1. The van der Waals surface area contributed by atoms with Crippen molar-refractivity contribution < 1.29 is 4.79 Å². The molecule has 1 aliphatic heterocycles. The first-order valence-corrected chi connectivity index (χ1v) is 11.7. The molecule has 5 heteroatoms. The van der Waals surface area contributed by atoms with Crippen molar-refractivity contribution in [3.63, 3.8) is 0 Å². The maximum absolute atomic E-state index is 12.5. The summed E-state index contributed by atoms with van der Waals surface area (Å²) in [6, 6.07) is 13.0. The number of anilines is 2.